The number of nitrogens with zero attached hydrogens (tertiary/aromatic N) is 4. The highest BCUT2D eigenvalue weighted by molar-refractivity contribution is 5.49. The minimum atomic E-state index is 0.333. The van der Waals surface area contributed by atoms with E-state index >= 15 is 0 Å². The van der Waals surface area contributed by atoms with Gasteiger partial charge in [0.1, 0.15) is 17.5 Å². The number of aromatic nitrogens is 5. The van der Waals surface area contributed by atoms with Gasteiger partial charge >= 0.3 is 0 Å². The summed E-state index contributed by atoms with van der Waals surface area (Å²) in [5.74, 6) is 4.67. The molecule has 7 nitrogen and oxygen atoms in total. The van der Waals surface area contributed by atoms with E-state index in [0.29, 0.717) is 18.4 Å². The van der Waals surface area contributed by atoms with E-state index in [1.807, 2.05) is 0 Å². The smallest absolute Gasteiger partial charge is 0.156 e. The molecule has 2 aromatic rings. The van der Waals surface area contributed by atoms with Crippen LogP contribution in [0.25, 0.3) is 0 Å². The zero-order valence-corrected chi connectivity index (χ0v) is 13.7. The lowest BCUT2D eigenvalue weighted by Crippen LogP contribution is -2.09. The van der Waals surface area contributed by atoms with E-state index in [9.17, 15) is 0 Å². The molecule has 2 fully saturated rings. The molecule has 24 heavy (non-hydrogen) atoms. The number of H-pyrrole nitrogens is 1. The van der Waals surface area contributed by atoms with Crippen LogP contribution >= 0.6 is 0 Å². The van der Waals surface area contributed by atoms with Crippen molar-refractivity contribution in [3.05, 3.63) is 28.7 Å². The first-order chi connectivity index (χ1) is 11.9. The van der Waals surface area contributed by atoms with Crippen molar-refractivity contribution in [3.63, 3.8) is 0 Å². The number of hydrogen-bond acceptors (Lipinski definition) is 6. The molecule has 1 atom stereocenters. The van der Waals surface area contributed by atoms with Crippen molar-refractivity contribution in [1.29, 1.82) is 0 Å². The summed E-state index contributed by atoms with van der Waals surface area (Å²) in [4.78, 5) is 14.2. The third-order valence-corrected chi connectivity index (χ3v) is 5.16. The zero-order chi connectivity index (χ0) is 15.9. The van der Waals surface area contributed by atoms with Gasteiger partial charge in [-0.1, -0.05) is 0 Å². The molecule has 5 rings (SSSR count). The van der Waals surface area contributed by atoms with Crippen LogP contribution in [0.5, 0.6) is 0 Å². The molecular formula is C17H22N6O. The van der Waals surface area contributed by atoms with Gasteiger partial charge in [0, 0.05) is 29.7 Å². The van der Waals surface area contributed by atoms with E-state index < -0.39 is 0 Å². The van der Waals surface area contributed by atoms with Gasteiger partial charge in [0.2, 0.25) is 0 Å². The van der Waals surface area contributed by atoms with Crippen LogP contribution in [0.4, 0.5) is 5.82 Å². The second kappa shape index (κ2) is 5.81. The van der Waals surface area contributed by atoms with Crippen LogP contribution in [0.3, 0.4) is 0 Å². The molecule has 7 heteroatoms. The maximum absolute atomic E-state index is 5.42. The van der Waals surface area contributed by atoms with Crippen LogP contribution in [0, 0.1) is 0 Å². The van der Waals surface area contributed by atoms with Gasteiger partial charge in [-0.05, 0) is 38.5 Å². The summed E-state index contributed by atoms with van der Waals surface area (Å²) in [6.45, 7) is 2.16. The highest BCUT2D eigenvalue weighted by Gasteiger charge is 2.29. The molecule has 0 bridgehead atoms. The molecule has 1 saturated carbocycles. The average molecular weight is 326 g/mol. The molecular weight excluding hydrogens is 304 g/mol. The van der Waals surface area contributed by atoms with Gasteiger partial charge in [-0.25, -0.2) is 15.0 Å². The number of ether oxygens (including phenoxy) is 1. The van der Waals surface area contributed by atoms with E-state index in [1.165, 1.54) is 30.5 Å². The number of nitrogens with one attached hydrogen (secondary N) is 2. The molecule has 2 N–H and O–H groups in total. The SMILES string of the molecule is C1Cc2nc(C3CC3)nc(NCc3nc(C4CCOC4)n[nH]3)c2C1. The molecule has 2 aliphatic carbocycles. The van der Waals surface area contributed by atoms with E-state index in [4.69, 9.17) is 14.7 Å². The third-order valence-electron chi connectivity index (χ3n) is 5.16. The number of aryl methyl sites for hydroxylation is 1. The summed E-state index contributed by atoms with van der Waals surface area (Å²) < 4.78 is 5.42. The Bertz CT molecular complexity index is 748. The van der Waals surface area contributed by atoms with Gasteiger partial charge in [0.25, 0.3) is 0 Å². The Balaban J connectivity index is 1.33. The topological polar surface area (TPSA) is 88.6 Å². The van der Waals surface area contributed by atoms with E-state index in [1.54, 1.807) is 0 Å². The first-order valence-corrected chi connectivity index (χ1v) is 8.99. The van der Waals surface area contributed by atoms with E-state index in [-0.39, 0.29) is 0 Å². The van der Waals surface area contributed by atoms with Crippen molar-refractivity contribution < 1.29 is 4.74 Å². The Hall–Kier alpha value is -2.02. The number of rotatable bonds is 5. The average Bonchev–Trinajstić information content (AvgIpc) is 3.03. The lowest BCUT2D eigenvalue weighted by atomic mass is 10.1. The van der Waals surface area contributed by atoms with Gasteiger partial charge in [0.15, 0.2) is 5.82 Å². The normalized spacial score (nSPS) is 22.8. The van der Waals surface area contributed by atoms with Crippen LogP contribution < -0.4 is 5.32 Å². The van der Waals surface area contributed by atoms with Crippen molar-refractivity contribution in [3.8, 4) is 0 Å². The lowest BCUT2D eigenvalue weighted by molar-refractivity contribution is 0.193. The Morgan fingerprint density at radius 2 is 2.00 bits per heavy atom. The van der Waals surface area contributed by atoms with Crippen molar-refractivity contribution in [2.24, 2.45) is 0 Å². The van der Waals surface area contributed by atoms with Gasteiger partial charge in [-0.2, -0.15) is 5.10 Å². The predicted octanol–water partition coefficient (Wildman–Crippen LogP) is 2.08. The molecule has 0 amide bonds. The summed E-state index contributed by atoms with van der Waals surface area (Å²) in [6.07, 6.45) is 6.81. The number of hydrogen-bond donors (Lipinski definition) is 2. The Kier molecular flexibility index (Phi) is 3.47. The molecule has 0 radical (unpaired) electrons. The van der Waals surface area contributed by atoms with Gasteiger partial charge in [0.05, 0.1) is 13.2 Å². The molecule has 1 unspecified atom stereocenters. The molecule has 126 valence electrons. The monoisotopic (exact) mass is 326 g/mol. The Labute approximate surface area is 140 Å². The molecule has 3 heterocycles. The van der Waals surface area contributed by atoms with Crippen LogP contribution in [-0.2, 0) is 24.1 Å². The summed E-state index contributed by atoms with van der Waals surface area (Å²) in [5, 5.41) is 10.9. The van der Waals surface area contributed by atoms with Crippen molar-refractivity contribution in [2.75, 3.05) is 18.5 Å². The highest BCUT2D eigenvalue weighted by atomic mass is 16.5. The Morgan fingerprint density at radius 3 is 2.83 bits per heavy atom. The fourth-order valence-electron chi connectivity index (χ4n) is 3.60. The summed E-state index contributed by atoms with van der Waals surface area (Å²) in [7, 11) is 0. The van der Waals surface area contributed by atoms with E-state index in [0.717, 1.165) is 55.8 Å². The third kappa shape index (κ3) is 2.66. The molecule has 3 aliphatic rings. The molecule has 0 aromatic carbocycles. The fraction of sp³-hybridized carbons (Fsp3) is 0.647. The highest BCUT2D eigenvalue weighted by Crippen LogP contribution is 2.40. The van der Waals surface area contributed by atoms with Gasteiger partial charge in [-0.15, -0.1) is 0 Å². The summed E-state index contributed by atoms with van der Waals surface area (Å²) in [5.41, 5.74) is 2.54. The standard InChI is InChI=1S/C17H22N6O/c1-2-12-13(3-1)19-15(10-4-5-10)21-17(12)18-8-14-20-16(23-22-14)11-6-7-24-9-11/h10-11H,1-9H2,(H,18,19,21)(H,20,22,23). The lowest BCUT2D eigenvalue weighted by Gasteiger charge is -2.11. The molecule has 1 saturated heterocycles. The van der Waals surface area contributed by atoms with Crippen LogP contribution in [0.1, 0.15) is 66.2 Å². The number of anilines is 1. The minimum Gasteiger partial charge on any atom is -0.381 e. The van der Waals surface area contributed by atoms with Crippen molar-refractivity contribution in [2.45, 2.75) is 56.9 Å². The summed E-state index contributed by atoms with van der Waals surface area (Å²) >= 11 is 0. The van der Waals surface area contributed by atoms with Crippen molar-refractivity contribution in [1.82, 2.24) is 25.1 Å². The quantitative estimate of drug-likeness (QED) is 0.874. The number of fused-ring (bicyclic) bond motifs is 1. The zero-order valence-electron chi connectivity index (χ0n) is 13.7. The van der Waals surface area contributed by atoms with Gasteiger partial charge in [-0.3, -0.25) is 5.10 Å². The van der Waals surface area contributed by atoms with Crippen LogP contribution in [0.15, 0.2) is 0 Å². The molecule has 1 aliphatic heterocycles. The minimum absolute atomic E-state index is 0.333. The maximum atomic E-state index is 5.42. The second-order valence-corrected chi connectivity index (χ2v) is 7.04. The first-order valence-electron chi connectivity index (χ1n) is 8.99. The largest absolute Gasteiger partial charge is 0.381 e. The van der Waals surface area contributed by atoms with Crippen LogP contribution in [0.2, 0.25) is 0 Å². The van der Waals surface area contributed by atoms with E-state index in [2.05, 4.69) is 20.5 Å². The first kappa shape index (κ1) is 14.3. The van der Waals surface area contributed by atoms with Crippen molar-refractivity contribution >= 4 is 5.82 Å². The Morgan fingerprint density at radius 1 is 1.04 bits per heavy atom. The molecule has 0 spiro atoms. The van der Waals surface area contributed by atoms with Crippen LogP contribution in [-0.4, -0.2) is 38.4 Å². The number of aromatic amines is 1. The van der Waals surface area contributed by atoms with Gasteiger partial charge < -0.3 is 10.1 Å². The summed E-state index contributed by atoms with van der Waals surface area (Å²) in [6, 6.07) is 0. The second-order valence-electron chi connectivity index (χ2n) is 7.04. The fourth-order valence-corrected chi connectivity index (χ4v) is 3.60. The predicted molar refractivity (Wildman–Crippen MR) is 87.9 cm³/mol. The maximum Gasteiger partial charge on any atom is 0.156 e. The molecule has 2 aromatic heterocycles.